The summed E-state index contributed by atoms with van der Waals surface area (Å²) < 4.78 is 16.8. The Labute approximate surface area is 412 Å². The fourth-order valence-corrected chi connectivity index (χ4v) is 9.98. The predicted octanol–water partition coefficient (Wildman–Crippen LogP) is 3.47. The molecular formula is C51H64N8O12. The number of nitrogens with one attached hydrogen (secondary N) is 5. The highest BCUT2D eigenvalue weighted by molar-refractivity contribution is 5.95. The molecular weight excluding hydrogens is 917 g/mol. The second-order valence-electron chi connectivity index (χ2n) is 18.9. The van der Waals surface area contributed by atoms with Gasteiger partial charge < -0.3 is 41.2 Å². The van der Waals surface area contributed by atoms with Crippen molar-refractivity contribution < 1.29 is 52.8 Å². The Morgan fingerprint density at radius 3 is 2.20 bits per heavy atom. The summed E-state index contributed by atoms with van der Waals surface area (Å²) in [5, 5.41) is 20.0. The molecule has 6 rings (SSSR count). The van der Waals surface area contributed by atoms with Crippen LogP contribution < -0.4 is 37.2 Å². The van der Waals surface area contributed by atoms with E-state index in [-0.39, 0.29) is 38.0 Å². The van der Waals surface area contributed by atoms with Crippen molar-refractivity contribution in [3.63, 3.8) is 0 Å². The van der Waals surface area contributed by atoms with E-state index < -0.39 is 90.2 Å². The molecule has 71 heavy (non-hydrogen) atoms. The lowest BCUT2D eigenvalue weighted by Gasteiger charge is -2.48. The molecule has 0 radical (unpaired) electrons. The summed E-state index contributed by atoms with van der Waals surface area (Å²) in [6.07, 6.45) is 4.65. The van der Waals surface area contributed by atoms with E-state index in [4.69, 9.17) is 19.9 Å². The van der Waals surface area contributed by atoms with Gasteiger partial charge in [-0.1, -0.05) is 92.9 Å². The quantitative estimate of drug-likeness (QED) is 0.0198. The van der Waals surface area contributed by atoms with Crippen molar-refractivity contribution in [1.82, 2.24) is 26.7 Å². The van der Waals surface area contributed by atoms with Crippen LogP contribution in [0.1, 0.15) is 100 Å². The number of aliphatic imine (C=N–C) groups is 1. The van der Waals surface area contributed by atoms with Crippen LogP contribution in [-0.2, 0) is 62.7 Å². The maximum absolute atomic E-state index is 13.8. The second kappa shape index (κ2) is 25.0. The van der Waals surface area contributed by atoms with Crippen molar-refractivity contribution >= 4 is 47.3 Å². The molecule has 0 spiro atoms. The molecule has 0 bridgehead atoms. The highest BCUT2D eigenvalue weighted by Gasteiger charge is 2.54. The van der Waals surface area contributed by atoms with Gasteiger partial charge in [-0.3, -0.25) is 28.8 Å². The molecule has 0 unspecified atom stereocenters. The fraction of sp³-hybridized carbons (Fsp3) is 0.490. The summed E-state index contributed by atoms with van der Waals surface area (Å²) in [6.45, 7) is 4.12. The van der Waals surface area contributed by atoms with Crippen molar-refractivity contribution in [2.75, 3.05) is 19.7 Å². The maximum atomic E-state index is 13.8. The van der Waals surface area contributed by atoms with Gasteiger partial charge in [0.05, 0.1) is 13.0 Å². The molecule has 3 aliphatic carbocycles. The van der Waals surface area contributed by atoms with E-state index in [1.165, 1.54) is 5.56 Å². The number of rotatable bonds is 23. The minimum atomic E-state index is -1.56. The monoisotopic (exact) mass is 980 g/mol. The summed E-state index contributed by atoms with van der Waals surface area (Å²) in [6, 6.07) is 19.6. The van der Waals surface area contributed by atoms with Gasteiger partial charge in [0, 0.05) is 18.4 Å². The number of nitrogens with two attached hydrogens (primary N) is 1. The van der Waals surface area contributed by atoms with E-state index in [0.29, 0.717) is 41.3 Å². The normalized spacial score (nSPS) is 20.4. The Bertz CT molecular complexity index is 2440. The third kappa shape index (κ3) is 14.8. The summed E-state index contributed by atoms with van der Waals surface area (Å²) in [5.74, 6) is -3.68. The zero-order chi connectivity index (χ0) is 51.1. The first-order valence-corrected chi connectivity index (χ1v) is 24.1. The number of hydrogen-bond acceptors (Lipinski definition) is 13. The molecule has 0 aliphatic heterocycles. The van der Waals surface area contributed by atoms with E-state index in [0.717, 1.165) is 43.2 Å². The number of esters is 2. The number of carbonyl (C=O) groups is 7. The molecule has 3 aromatic carbocycles. The number of hydrogen-bond donors (Lipinski definition) is 6. The minimum absolute atomic E-state index is 0.0449. The van der Waals surface area contributed by atoms with Gasteiger partial charge in [-0.05, 0) is 103 Å². The molecule has 0 saturated heterocycles. The van der Waals surface area contributed by atoms with Gasteiger partial charge in [-0.2, -0.15) is 0 Å². The smallest absolute Gasteiger partial charge is 0.329 e. The van der Waals surface area contributed by atoms with Crippen molar-refractivity contribution in [1.29, 1.82) is 0 Å². The number of aryl methyl sites for hydroxylation is 1. The Balaban J connectivity index is 1.07. The SMILES string of the molecule is CC(C)[C@H](NC(=O)[C@@H](CC(=O)OCc1ccccc1)NC(=O)CNC(=O)[C@H](CCCN=C(N)N[N+](=O)[O-])NC(=O)COc1ccc2c(c1)CC[C@@H]1[C@@H]2CC[C@]2(C)C(=O)CC[C@@H]12)C(=O)OCc1ccccc1. The van der Waals surface area contributed by atoms with Gasteiger partial charge in [-0.25, -0.2) is 19.9 Å². The Kier molecular flexibility index (Phi) is 18.6. The van der Waals surface area contributed by atoms with E-state index >= 15 is 0 Å². The van der Waals surface area contributed by atoms with Gasteiger partial charge >= 0.3 is 11.9 Å². The van der Waals surface area contributed by atoms with Crippen LogP contribution >= 0.6 is 0 Å². The first-order valence-electron chi connectivity index (χ1n) is 24.1. The highest BCUT2D eigenvalue weighted by Crippen LogP contribution is 2.59. The number of Topliss-reactive ketones (excluding diaryl/α,β-unsaturated/α-hetero) is 1. The number of hydrazine groups is 1. The number of benzene rings is 3. The number of amides is 4. The first-order chi connectivity index (χ1) is 34.0. The molecule has 3 aliphatic rings. The number of nitro groups is 1. The predicted molar refractivity (Wildman–Crippen MR) is 258 cm³/mol. The largest absolute Gasteiger partial charge is 0.484 e. The van der Waals surface area contributed by atoms with Crippen molar-refractivity contribution in [3.05, 3.63) is 111 Å². The lowest BCUT2D eigenvalue weighted by molar-refractivity contribution is -0.525. The third-order valence-electron chi connectivity index (χ3n) is 13.7. The Morgan fingerprint density at radius 1 is 0.845 bits per heavy atom. The fourth-order valence-electron chi connectivity index (χ4n) is 9.98. The minimum Gasteiger partial charge on any atom is -0.484 e. The number of ether oxygens (including phenoxy) is 3. The number of carbonyl (C=O) groups excluding carboxylic acids is 7. The van der Waals surface area contributed by atoms with Gasteiger partial charge in [-0.15, -0.1) is 0 Å². The molecule has 7 atom stereocenters. The molecule has 0 heterocycles. The standard InChI is InChI=1S/C51H64N8O12/c1-31(2)46(49(66)71-29-33-13-8-5-9-14-33)57-48(65)41(26-45(63)70-28-32-11-6-4-7-12-32)56-43(61)27-54-47(64)40(15-10-24-53-50(52)58-59(67)68)55-44(62)30-69-35-17-19-36-34(25-35)16-18-38-37(36)22-23-51(3)39(38)20-21-42(51)60/h4-9,11-14,17,19,25,31,37-41,46H,10,15-16,18,20-24,26-30H2,1-3H3,(H,54,64)(H,55,62)(H,56,61)(H,57,65)(H3,52,53,58)/t37-,38-,39+,40+,41-,46+,51+/m1/s1. The molecule has 20 nitrogen and oxygen atoms in total. The first kappa shape index (κ1) is 53.0. The van der Waals surface area contributed by atoms with Crippen molar-refractivity contribution in [3.8, 4) is 5.75 Å². The van der Waals surface area contributed by atoms with Gasteiger partial charge in [0.2, 0.25) is 17.7 Å². The van der Waals surface area contributed by atoms with Crippen molar-refractivity contribution in [2.45, 2.75) is 116 Å². The lowest BCUT2D eigenvalue weighted by atomic mass is 9.55. The van der Waals surface area contributed by atoms with Crippen LogP contribution in [0.3, 0.4) is 0 Å². The van der Waals surface area contributed by atoms with Crippen LogP contribution in [0.15, 0.2) is 83.9 Å². The van der Waals surface area contributed by atoms with Crippen LogP contribution in [-0.4, -0.2) is 90.2 Å². The van der Waals surface area contributed by atoms with E-state index in [9.17, 15) is 43.7 Å². The molecule has 2 saturated carbocycles. The molecule has 20 heteroatoms. The Hall–Kier alpha value is -7.38. The van der Waals surface area contributed by atoms with Gasteiger partial charge in [0.15, 0.2) is 11.6 Å². The molecule has 0 aromatic heterocycles. The zero-order valence-corrected chi connectivity index (χ0v) is 40.3. The van der Waals surface area contributed by atoms with Crippen molar-refractivity contribution in [2.24, 2.45) is 33.9 Å². The number of fused-ring (bicyclic) bond motifs is 5. The van der Waals surface area contributed by atoms with Crippen LogP contribution in [0.25, 0.3) is 0 Å². The molecule has 380 valence electrons. The molecule has 2 fully saturated rings. The van der Waals surface area contributed by atoms with Gasteiger partial charge in [0.25, 0.3) is 11.9 Å². The van der Waals surface area contributed by atoms with E-state index in [2.05, 4.69) is 33.2 Å². The molecule has 7 N–H and O–H groups in total. The van der Waals surface area contributed by atoms with Gasteiger partial charge in [0.1, 0.15) is 42.9 Å². The summed E-state index contributed by atoms with van der Waals surface area (Å²) in [4.78, 5) is 108. The summed E-state index contributed by atoms with van der Waals surface area (Å²) in [5.41, 5.74) is 10.8. The van der Waals surface area contributed by atoms with E-state index in [1.54, 1.807) is 73.9 Å². The lowest BCUT2D eigenvalue weighted by Crippen LogP contribution is -2.56. The van der Waals surface area contributed by atoms with E-state index in [1.807, 2.05) is 24.3 Å². The van der Waals surface area contributed by atoms with Crippen LogP contribution in [0, 0.1) is 33.3 Å². The molecule has 3 aromatic rings. The summed E-state index contributed by atoms with van der Waals surface area (Å²) >= 11 is 0. The van der Waals surface area contributed by atoms with Crippen LogP contribution in [0.2, 0.25) is 0 Å². The molecule has 4 amide bonds. The number of guanidine groups is 1. The maximum Gasteiger partial charge on any atom is 0.329 e. The second-order valence-corrected chi connectivity index (χ2v) is 18.9. The Morgan fingerprint density at radius 2 is 1.52 bits per heavy atom. The zero-order valence-electron chi connectivity index (χ0n) is 40.3. The summed E-state index contributed by atoms with van der Waals surface area (Å²) in [7, 11) is 0. The topological polar surface area (TPSA) is 289 Å². The number of ketones is 1. The highest BCUT2D eigenvalue weighted by atomic mass is 16.7. The third-order valence-corrected chi connectivity index (χ3v) is 13.7. The number of nitrogens with zero attached hydrogens (tertiary/aromatic N) is 2. The van der Waals surface area contributed by atoms with Crippen LogP contribution in [0.4, 0.5) is 0 Å². The van der Waals surface area contributed by atoms with Crippen LogP contribution in [0.5, 0.6) is 5.75 Å². The average Bonchev–Trinajstić information content (AvgIpc) is 3.66. The average molecular weight is 981 g/mol.